The van der Waals surface area contributed by atoms with E-state index in [1.165, 1.54) is 22.0 Å². The van der Waals surface area contributed by atoms with Gasteiger partial charge in [0.05, 0.1) is 11.7 Å². The van der Waals surface area contributed by atoms with Crippen LogP contribution in [0.2, 0.25) is 5.15 Å². The van der Waals surface area contributed by atoms with E-state index < -0.39 is 0 Å². The Morgan fingerprint density at radius 1 is 1.22 bits per heavy atom. The van der Waals surface area contributed by atoms with Gasteiger partial charge in [0.1, 0.15) is 5.15 Å². The molecule has 1 fully saturated rings. The van der Waals surface area contributed by atoms with Crippen molar-refractivity contribution in [2.24, 2.45) is 7.05 Å². The lowest BCUT2D eigenvalue weighted by molar-refractivity contribution is 0.796. The second-order valence-corrected chi connectivity index (χ2v) is 6.54. The van der Waals surface area contributed by atoms with Crippen LogP contribution in [0.1, 0.15) is 29.4 Å². The van der Waals surface area contributed by atoms with Crippen LogP contribution in [-0.4, -0.2) is 24.4 Å². The average Bonchev–Trinajstić information content (AvgIpc) is 3.06. The first-order chi connectivity index (χ1) is 11.2. The van der Waals surface area contributed by atoms with Gasteiger partial charge in [-0.15, -0.1) is 0 Å². The molecule has 1 aliphatic carbocycles. The van der Waals surface area contributed by atoms with Gasteiger partial charge >= 0.3 is 0 Å². The molecular formula is C17H14ClN5. The Bertz CT molecular complexity index is 1050. The van der Waals surface area contributed by atoms with Crippen molar-refractivity contribution in [1.82, 2.24) is 24.4 Å². The summed E-state index contributed by atoms with van der Waals surface area (Å²) in [5, 5.41) is 10.3. The molecular weight excluding hydrogens is 310 g/mol. The Hall–Kier alpha value is -2.40. The number of hydrogen-bond acceptors (Lipinski definition) is 3. The summed E-state index contributed by atoms with van der Waals surface area (Å²) in [6.45, 7) is 0. The fourth-order valence-electron chi connectivity index (χ4n) is 3.48. The first-order valence-electron chi connectivity index (χ1n) is 7.62. The lowest BCUT2D eigenvalue weighted by Crippen LogP contribution is -1.96. The zero-order valence-corrected chi connectivity index (χ0v) is 13.3. The highest BCUT2D eigenvalue weighted by molar-refractivity contribution is 6.29. The quantitative estimate of drug-likeness (QED) is 0.567. The summed E-state index contributed by atoms with van der Waals surface area (Å²) in [7, 11) is 1.98. The summed E-state index contributed by atoms with van der Waals surface area (Å²) in [5.74, 6) is 0.958. The molecule has 1 aromatic carbocycles. The fourth-order valence-corrected chi connectivity index (χ4v) is 3.68. The predicted molar refractivity (Wildman–Crippen MR) is 88.8 cm³/mol. The molecule has 5 rings (SSSR count). The molecule has 1 saturated carbocycles. The smallest absolute Gasteiger partial charge is 0.157 e. The number of aromatic nitrogens is 5. The van der Waals surface area contributed by atoms with Crippen molar-refractivity contribution in [2.75, 3.05) is 0 Å². The van der Waals surface area contributed by atoms with Crippen LogP contribution in [0.25, 0.3) is 16.6 Å². The molecule has 0 saturated heterocycles. The second-order valence-electron chi connectivity index (χ2n) is 6.15. The number of hydrogen-bond donors (Lipinski definition) is 0. The van der Waals surface area contributed by atoms with Crippen LogP contribution in [0, 0.1) is 0 Å². The van der Waals surface area contributed by atoms with Crippen LogP contribution in [0.5, 0.6) is 0 Å². The maximum Gasteiger partial charge on any atom is 0.157 e. The summed E-state index contributed by atoms with van der Waals surface area (Å²) < 4.78 is 3.68. The van der Waals surface area contributed by atoms with Gasteiger partial charge in [0.2, 0.25) is 0 Å². The number of imidazole rings is 1. The highest BCUT2D eigenvalue weighted by Crippen LogP contribution is 2.55. The Morgan fingerprint density at radius 3 is 3.04 bits per heavy atom. The van der Waals surface area contributed by atoms with E-state index in [0.717, 1.165) is 12.1 Å². The third kappa shape index (κ3) is 1.96. The van der Waals surface area contributed by atoms with Crippen molar-refractivity contribution < 1.29 is 0 Å². The second kappa shape index (κ2) is 4.55. The van der Waals surface area contributed by atoms with E-state index in [4.69, 9.17) is 11.6 Å². The molecule has 3 heterocycles. The van der Waals surface area contributed by atoms with E-state index in [1.54, 1.807) is 10.7 Å². The predicted octanol–water partition coefficient (Wildman–Crippen LogP) is 3.54. The van der Waals surface area contributed by atoms with Gasteiger partial charge in [0.25, 0.3) is 0 Å². The van der Waals surface area contributed by atoms with Gasteiger partial charge in [-0.2, -0.15) is 10.2 Å². The molecule has 0 amide bonds. The Kier molecular flexibility index (Phi) is 2.59. The largest absolute Gasteiger partial charge is 0.268 e. The van der Waals surface area contributed by atoms with Gasteiger partial charge in [-0.25, -0.2) is 9.50 Å². The molecule has 114 valence electrons. The SMILES string of the molecule is Cn1ncc2ccc([C@H]3C[C@@H]3c3cc(Cl)nn4ccnc34)cc21. The summed E-state index contributed by atoms with van der Waals surface area (Å²) >= 11 is 6.16. The van der Waals surface area contributed by atoms with Gasteiger partial charge in [0.15, 0.2) is 5.65 Å². The Morgan fingerprint density at radius 2 is 2.13 bits per heavy atom. The molecule has 0 spiro atoms. The topological polar surface area (TPSA) is 48.0 Å². The van der Waals surface area contributed by atoms with E-state index in [2.05, 4.69) is 33.4 Å². The first kappa shape index (κ1) is 13.1. The summed E-state index contributed by atoms with van der Waals surface area (Å²) in [6.07, 6.45) is 6.62. The number of halogens is 1. The minimum Gasteiger partial charge on any atom is -0.268 e. The summed E-state index contributed by atoms with van der Waals surface area (Å²) in [5.41, 5.74) is 4.62. The van der Waals surface area contributed by atoms with Crippen LogP contribution in [0.4, 0.5) is 0 Å². The molecule has 0 N–H and O–H groups in total. The third-order valence-corrected chi connectivity index (χ3v) is 4.93. The molecule has 6 heteroatoms. The molecule has 0 unspecified atom stereocenters. The van der Waals surface area contributed by atoms with Crippen LogP contribution in [0.3, 0.4) is 0 Å². The van der Waals surface area contributed by atoms with Gasteiger partial charge in [-0.1, -0.05) is 23.7 Å². The molecule has 3 aromatic heterocycles. The Balaban J connectivity index is 1.56. The minimum atomic E-state index is 0.450. The lowest BCUT2D eigenvalue weighted by Gasteiger charge is -2.05. The minimum absolute atomic E-state index is 0.450. The van der Waals surface area contributed by atoms with E-state index in [0.29, 0.717) is 17.0 Å². The molecule has 0 radical (unpaired) electrons. The number of benzene rings is 1. The fraction of sp³-hybridized carbons (Fsp3) is 0.235. The zero-order chi connectivity index (χ0) is 15.6. The van der Waals surface area contributed by atoms with Crippen LogP contribution >= 0.6 is 11.6 Å². The van der Waals surface area contributed by atoms with E-state index in [1.807, 2.05) is 30.2 Å². The number of fused-ring (bicyclic) bond motifs is 2. The number of rotatable bonds is 2. The molecule has 5 nitrogen and oxygen atoms in total. The van der Waals surface area contributed by atoms with E-state index >= 15 is 0 Å². The van der Waals surface area contributed by atoms with Crippen molar-refractivity contribution in [3.8, 4) is 0 Å². The maximum absolute atomic E-state index is 6.16. The summed E-state index contributed by atoms with van der Waals surface area (Å²) in [6, 6.07) is 8.56. The monoisotopic (exact) mass is 323 g/mol. The zero-order valence-electron chi connectivity index (χ0n) is 12.5. The number of nitrogens with zero attached hydrogens (tertiary/aromatic N) is 5. The van der Waals surface area contributed by atoms with Gasteiger partial charge < -0.3 is 0 Å². The van der Waals surface area contributed by atoms with Gasteiger partial charge in [-0.3, -0.25) is 4.68 Å². The van der Waals surface area contributed by atoms with Crippen molar-refractivity contribution >= 4 is 28.2 Å². The van der Waals surface area contributed by atoms with Crippen molar-refractivity contribution in [1.29, 1.82) is 0 Å². The molecule has 2 atom stereocenters. The molecule has 0 aliphatic heterocycles. The standard InChI is InChI=1S/C17H14ClN5/c1-22-15-6-10(2-3-11(15)9-20-22)12-7-13(12)14-8-16(18)21-23-5-4-19-17(14)23/h2-6,8-9,12-13H,7H2,1H3/t12-,13+/m1/s1. The number of aryl methyl sites for hydroxylation is 1. The molecule has 0 bridgehead atoms. The van der Waals surface area contributed by atoms with Crippen LogP contribution in [-0.2, 0) is 7.05 Å². The Labute approximate surface area is 137 Å². The van der Waals surface area contributed by atoms with Crippen molar-refractivity contribution in [3.63, 3.8) is 0 Å². The van der Waals surface area contributed by atoms with Crippen LogP contribution < -0.4 is 0 Å². The van der Waals surface area contributed by atoms with E-state index in [-0.39, 0.29) is 0 Å². The molecule has 23 heavy (non-hydrogen) atoms. The van der Waals surface area contributed by atoms with Crippen molar-refractivity contribution in [3.05, 3.63) is 59.1 Å². The lowest BCUT2D eigenvalue weighted by atomic mass is 10.0. The van der Waals surface area contributed by atoms with Crippen LogP contribution in [0.15, 0.2) is 42.9 Å². The van der Waals surface area contributed by atoms with Gasteiger partial charge in [0, 0.05) is 30.4 Å². The molecule has 1 aliphatic rings. The average molecular weight is 324 g/mol. The maximum atomic E-state index is 6.16. The van der Waals surface area contributed by atoms with Crippen molar-refractivity contribution in [2.45, 2.75) is 18.3 Å². The van der Waals surface area contributed by atoms with Gasteiger partial charge in [-0.05, 0) is 36.0 Å². The first-order valence-corrected chi connectivity index (χ1v) is 8.00. The van der Waals surface area contributed by atoms with E-state index in [9.17, 15) is 0 Å². The third-order valence-electron chi connectivity index (χ3n) is 4.75. The normalized spacial score (nSPS) is 20.4. The molecule has 4 aromatic rings. The highest BCUT2D eigenvalue weighted by Gasteiger charge is 2.41. The highest BCUT2D eigenvalue weighted by atomic mass is 35.5. The summed E-state index contributed by atoms with van der Waals surface area (Å²) in [4.78, 5) is 4.43.